The van der Waals surface area contributed by atoms with Crippen molar-refractivity contribution in [3.63, 3.8) is 0 Å². The Morgan fingerprint density at radius 3 is 2.56 bits per heavy atom. The Hall–Kier alpha value is -3.31. The zero-order valence-corrected chi connectivity index (χ0v) is 14.7. The molecular formula is C22H18N4O. The summed E-state index contributed by atoms with van der Waals surface area (Å²) in [5.74, 6) is 1.49. The van der Waals surface area contributed by atoms with Crippen LogP contribution < -0.4 is 4.90 Å². The average molecular weight is 354 g/mol. The summed E-state index contributed by atoms with van der Waals surface area (Å²) in [6.45, 7) is 0.0671. The van der Waals surface area contributed by atoms with E-state index in [4.69, 9.17) is 9.97 Å². The third-order valence-corrected chi connectivity index (χ3v) is 5.03. The van der Waals surface area contributed by atoms with Crippen LogP contribution in [0.15, 0.2) is 73.1 Å². The van der Waals surface area contributed by atoms with E-state index in [1.54, 1.807) is 12.4 Å². The van der Waals surface area contributed by atoms with Crippen molar-refractivity contribution < 1.29 is 5.11 Å². The van der Waals surface area contributed by atoms with Crippen LogP contribution in [0.2, 0.25) is 0 Å². The van der Waals surface area contributed by atoms with E-state index in [0.29, 0.717) is 5.82 Å². The van der Waals surface area contributed by atoms with Gasteiger partial charge in [-0.1, -0.05) is 30.3 Å². The fourth-order valence-corrected chi connectivity index (χ4v) is 3.77. The molecule has 1 atom stereocenters. The second-order valence-electron chi connectivity index (χ2n) is 6.66. The van der Waals surface area contributed by atoms with Gasteiger partial charge in [0.05, 0.1) is 18.2 Å². The van der Waals surface area contributed by atoms with Crippen molar-refractivity contribution >= 4 is 22.4 Å². The van der Waals surface area contributed by atoms with Gasteiger partial charge >= 0.3 is 0 Å². The molecule has 0 spiro atoms. The maximum absolute atomic E-state index is 10.0. The van der Waals surface area contributed by atoms with Gasteiger partial charge in [-0.05, 0) is 42.3 Å². The number of anilines is 2. The van der Waals surface area contributed by atoms with Gasteiger partial charge in [0.1, 0.15) is 5.82 Å². The SMILES string of the molecule is OC[C@@H]1Cc2ccccc2N1c1nc(-c2ccncc2)nc2ccccc12. The number of para-hydroxylation sites is 2. The van der Waals surface area contributed by atoms with Gasteiger partial charge < -0.3 is 10.0 Å². The van der Waals surface area contributed by atoms with Crippen molar-refractivity contribution in [2.24, 2.45) is 0 Å². The number of hydrogen-bond acceptors (Lipinski definition) is 5. The molecule has 1 aliphatic rings. The first-order valence-electron chi connectivity index (χ1n) is 9.00. The lowest BCUT2D eigenvalue weighted by Crippen LogP contribution is -2.31. The quantitative estimate of drug-likeness (QED) is 0.607. The molecule has 2 aromatic heterocycles. The molecule has 1 aliphatic heterocycles. The summed E-state index contributed by atoms with van der Waals surface area (Å²) >= 11 is 0. The van der Waals surface area contributed by atoms with Crippen molar-refractivity contribution in [1.82, 2.24) is 15.0 Å². The van der Waals surface area contributed by atoms with Crippen LogP contribution in [0.4, 0.5) is 11.5 Å². The molecular weight excluding hydrogens is 336 g/mol. The summed E-state index contributed by atoms with van der Waals surface area (Å²) in [4.78, 5) is 15.9. The molecule has 2 aromatic carbocycles. The smallest absolute Gasteiger partial charge is 0.162 e. The Balaban J connectivity index is 1.77. The van der Waals surface area contributed by atoms with Crippen LogP contribution >= 0.6 is 0 Å². The number of aromatic nitrogens is 3. The van der Waals surface area contributed by atoms with Crippen LogP contribution in [0.25, 0.3) is 22.3 Å². The van der Waals surface area contributed by atoms with E-state index in [1.807, 2.05) is 48.5 Å². The highest BCUT2D eigenvalue weighted by molar-refractivity contribution is 5.94. The first-order valence-corrected chi connectivity index (χ1v) is 9.00. The first kappa shape index (κ1) is 15.9. The molecule has 1 N–H and O–H groups in total. The van der Waals surface area contributed by atoms with Crippen molar-refractivity contribution in [1.29, 1.82) is 0 Å². The fourth-order valence-electron chi connectivity index (χ4n) is 3.77. The van der Waals surface area contributed by atoms with Crippen LogP contribution in [0.3, 0.4) is 0 Å². The Morgan fingerprint density at radius 2 is 1.70 bits per heavy atom. The van der Waals surface area contributed by atoms with E-state index in [2.05, 4.69) is 22.0 Å². The standard InChI is InChI=1S/C22H18N4O/c27-14-17-13-16-5-1-4-8-20(16)26(17)22-18-6-2-3-7-19(18)24-21(25-22)15-9-11-23-12-10-15/h1-12,17,27H,13-14H2/t17-/m0/s1. The number of fused-ring (bicyclic) bond motifs is 2. The number of nitrogens with zero attached hydrogens (tertiary/aromatic N) is 4. The minimum atomic E-state index is -0.0361. The van der Waals surface area contributed by atoms with Gasteiger partial charge in [-0.2, -0.15) is 0 Å². The lowest BCUT2D eigenvalue weighted by Gasteiger charge is -2.26. The highest BCUT2D eigenvalue weighted by Crippen LogP contribution is 2.40. The molecule has 0 aliphatic carbocycles. The van der Waals surface area contributed by atoms with Gasteiger partial charge in [-0.25, -0.2) is 9.97 Å². The highest BCUT2D eigenvalue weighted by Gasteiger charge is 2.32. The van der Waals surface area contributed by atoms with E-state index in [9.17, 15) is 5.11 Å². The molecule has 0 saturated carbocycles. The molecule has 0 amide bonds. The van der Waals surface area contributed by atoms with Crippen molar-refractivity contribution in [2.75, 3.05) is 11.5 Å². The van der Waals surface area contributed by atoms with E-state index >= 15 is 0 Å². The second kappa shape index (κ2) is 6.45. The zero-order chi connectivity index (χ0) is 18.2. The number of pyridine rings is 1. The van der Waals surface area contributed by atoms with Gasteiger partial charge in [0.2, 0.25) is 0 Å². The first-order chi connectivity index (χ1) is 13.3. The van der Waals surface area contributed by atoms with Gasteiger partial charge in [-0.15, -0.1) is 0 Å². The highest BCUT2D eigenvalue weighted by atomic mass is 16.3. The largest absolute Gasteiger partial charge is 0.394 e. The fraction of sp³-hybridized carbons (Fsp3) is 0.136. The van der Waals surface area contributed by atoms with Crippen molar-refractivity contribution in [3.05, 3.63) is 78.6 Å². The second-order valence-corrected chi connectivity index (χ2v) is 6.66. The molecule has 3 heterocycles. The normalized spacial score (nSPS) is 15.9. The Morgan fingerprint density at radius 1 is 0.926 bits per heavy atom. The van der Waals surface area contributed by atoms with Crippen LogP contribution in [0, 0.1) is 0 Å². The summed E-state index contributed by atoms with van der Waals surface area (Å²) in [6, 6.07) is 20.1. The minimum Gasteiger partial charge on any atom is -0.394 e. The Bertz CT molecular complexity index is 1110. The maximum atomic E-state index is 10.0. The molecule has 0 bridgehead atoms. The van der Waals surface area contributed by atoms with Gasteiger partial charge in [0.15, 0.2) is 5.82 Å². The summed E-state index contributed by atoms with van der Waals surface area (Å²) in [5, 5.41) is 11.0. The Kier molecular flexibility index (Phi) is 3.80. The lowest BCUT2D eigenvalue weighted by atomic mass is 10.1. The van der Waals surface area contributed by atoms with E-state index in [0.717, 1.165) is 34.4 Å². The number of aliphatic hydroxyl groups excluding tert-OH is 1. The molecule has 27 heavy (non-hydrogen) atoms. The summed E-state index contributed by atoms with van der Waals surface area (Å²) in [6.07, 6.45) is 4.29. The average Bonchev–Trinajstić information content (AvgIpc) is 3.12. The number of aliphatic hydroxyl groups is 1. The van der Waals surface area contributed by atoms with E-state index in [-0.39, 0.29) is 12.6 Å². The molecule has 0 saturated heterocycles. The third-order valence-electron chi connectivity index (χ3n) is 5.03. The third kappa shape index (κ3) is 2.64. The van der Waals surface area contributed by atoms with Crippen molar-refractivity contribution in [3.8, 4) is 11.4 Å². The van der Waals surface area contributed by atoms with Gasteiger partial charge in [0.25, 0.3) is 0 Å². The molecule has 0 radical (unpaired) electrons. The number of benzene rings is 2. The van der Waals surface area contributed by atoms with Crippen LogP contribution in [0.5, 0.6) is 0 Å². The monoisotopic (exact) mass is 354 g/mol. The Labute approximate surface area is 157 Å². The van der Waals surface area contributed by atoms with Crippen LogP contribution in [0.1, 0.15) is 5.56 Å². The predicted octanol–water partition coefficient (Wildman–Crippen LogP) is 3.75. The molecule has 5 rings (SSSR count). The number of rotatable bonds is 3. The number of hydrogen-bond donors (Lipinski definition) is 1. The van der Waals surface area contributed by atoms with Crippen LogP contribution in [-0.4, -0.2) is 32.7 Å². The summed E-state index contributed by atoms with van der Waals surface area (Å²) in [5.41, 5.74) is 4.13. The molecule has 0 fully saturated rings. The van der Waals surface area contributed by atoms with Gasteiger partial charge in [-0.3, -0.25) is 4.98 Å². The molecule has 4 aromatic rings. The predicted molar refractivity (Wildman–Crippen MR) is 106 cm³/mol. The topological polar surface area (TPSA) is 62.1 Å². The molecule has 0 unspecified atom stereocenters. The summed E-state index contributed by atoms with van der Waals surface area (Å²) in [7, 11) is 0. The van der Waals surface area contributed by atoms with Gasteiger partial charge in [0, 0.05) is 29.0 Å². The minimum absolute atomic E-state index is 0.0361. The zero-order valence-electron chi connectivity index (χ0n) is 14.7. The molecule has 132 valence electrons. The van der Waals surface area contributed by atoms with Crippen molar-refractivity contribution in [2.45, 2.75) is 12.5 Å². The van der Waals surface area contributed by atoms with E-state index < -0.39 is 0 Å². The summed E-state index contributed by atoms with van der Waals surface area (Å²) < 4.78 is 0. The molecule has 5 heteroatoms. The van der Waals surface area contributed by atoms with E-state index in [1.165, 1.54) is 5.56 Å². The van der Waals surface area contributed by atoms with Crippen LogP contribution in [-0.2, 0) is 6.42 Å². The maximum Gasteiger partial charge on any atom is 0.162 e. The lowest BCUT2D eigenvalue weighted by molar-refractivity contribution is 0.268. The molecule has 5 nitrogen and oxygen atoms in total.